The second-order valence-corrected chi connectivity index (χ2v) is 3.91. The van der Waals surface area contributed by atoms with E-state index in [2.05, 4.69) is 5.32 Å². The van der Waals surface area contributed by atoms with Gasteiger partial charge in [-0.3, -0.25) is 0 Å². The minimum absolute atomic E-state index is 0.248. The third kappa shape index (κ3) is 4.22. The monoisotopic (exact) mass is 249 g/mol. The lowest BCUT2D eigenvalue weighted by Gasteiger charge is -2.06. The Kier molecular flexibility index (Phi) is 4.78. The Labute approximate surface area is 106 Å². The highest BCUT2D eigenvalue weighted by atomic mass is 19.1. The van der Waals surface area contributed by atoms with Crippen LogP contribution in [0.15, 0.2) is 47.1 Å². The van der Waals surface area contributed by atoms with Crippen LogP contribution in [0.3, 0.4) is 0 Å². The number of hydrogen-bond donors (Lipinski definition) is 1. The summed E-state index contributed by atoms with van der Waals surface area (Å²) in [6.07, 6.45) is 2.55. The van der Waals surface area contributed by atoms with Gasteiger partial charge in [-0.05, 0) is 49.4 Å². The van der Waals surface area contributed by atoms with Gasteiger partial charge in [0.15, 0.2) is 0 Å². The van der Waals surface area contributed by atoms with Crippen LogP contribution < -0.4 is 10.1 Å². The predicted molar refractivity (Wildman–Crippen MR) is 66.9 cm³/mol. The first-order chi connectivity index (χ1) is 8.84. The highest BCUT2D eigenvalue weighted by molar-refractivity contribution is 5.21. The molecule has 0 aliphatic rings. The molecule has 0 saturated carbocycles. The standard InChI is InChI=1S/C14H16FNO2/c15-12-4-6-13(7-5-12)17-10-2-8-16-11-14-3-1-9-18-14/h1,3-7,9,16H,2,8,10-11H2. The molecule has 3 nitrogen and oxygen atoms in total. The molecule has 0 saturated heterocycles. The van der Waals surface area contributed by atoms with Crippen molar-refractivity contribution in [2.45, 2.75) is 13.0 Å². The number of hydrogen-bond acceptors (Lipinski definition) is 3. The fourth-order valence-corrected chi connectivity index (χ4v) is 1.54. The normalized spacial score (nSPS) is 10.5. The summed E-state index contributed by atoms with van der Waals surface area (Å²) >= 11 is 0. The average molecular weight is 249 g/mol. The SMILES string of the molecule is Fc1ccc(OCCCNCc2ccco2)cc1. The van der Waals surface area contributed by atoms with E-state index in [0.717, 1.165) is 25.3 Å². The maximum Gasteiger partial charge on any atom is 0.123 e. The molecule has 18 heavy (non-hydrogen) atoms. The van der Waals surface area contributed by atoms with Gasteiger partial charge in [-0.2, -0.15) is 0 Å². The van der Waals surface area contributed by atoms with Crippen molar-refractivity contribution in [2.75, 3.05) is 13.2 Å². The van der Waals surface area contributed by atoms with Crippen LogP contribution >= 0.6 is 0 Å². The van der Waals surface area contributed by atoms with Crippen LogP contribution in [0.1, 0.15) is 12.2 Å². The third-order valence-electron chi connectivity index (χ3n) is 2.46. The summed E-state index contributed by atoms with van der Waals surface area (Å²) in [5.74, 6) is 1.37. The zero-order valence-corrected chi connectivity index (χ0v) is 10.1. The lowest BCUT2D eigenvalue weighted by Crippen LogP contribution is -2.16. The quantitative estimate of drug-likeness (QED) is 0.766. The van der Waals surface area contributed by atoms with Gasteiger partial charge in [-0.25, -0.2) is 4.39 Å². The van der Waals surface area contributed by atoms with E-state index in [4.69, 9.17) is 9.15 Å². The smallest absolute Gasteiger partial charge is 0.123 e. The van der Waals surface area contributed by atoms with Crippen LogP contribution in [0.5, 0.6) is 5.75 Å². The van der Waals surface area contributed by atoms with Crippen molar-refractivity contribution in [1.82, 2.24) is 5.32 Å². The number of nitrogens with one attached hydrogen (secondary N) is 1. The summed E-state index contributed by atoms with van der Waals surface area (Å²) in [5, 5.41) is 3.25. The molecule has 0 unspecified atom stereocenters. The molecule has 1 aromatic heterocycles. The van der Waals surface area contributed by atoms with E-state index in [-0.39, 0.29) is 5.82 Å². The maximum absolute atomic E-state index is 12.6. The molecular formula is C14H16FNO2. The molecule has 0 aliphatic heterocycles. The van der Waals surface area contributed by atoms with Gasteiger partial charge in [0.1, 0.15) is 17.3 Å². The van der Waals surface area contributed by atoms with E-state index < -0.39 is 0 Å². The average Bonchev–Trinajstić information content (AvgIpc) is 2.89. The van der Waals surface area contributed by atoms with Gasteiger partial charge in [0.25, 0.3) is 0 Å². The lowest BCUT2D eigenvalue weighted by molar-refractivity contribution is 0.306. The minimum Gasteiger partial charge on any atom is -0.494 e. The lowest BCUT2D eigenvalue weighted by atomic mass is 10.3. The summed E-state index contributed by atoms with van der Waals surface area (Å²) in [4.78, 5) is 0. The van der Waals surface area contributed by atoms with Gasteiger partial charge >= 0.3 is 0 Å². The predicted octanol–water partition coefficient (Wildman–Crippen LogP) is 2.98. The fraction of sp³-hybridized carbons (Fsp3) is 0.286. The van der Waals surface area contributed by atoms with Crippen LogP contribution in [-0.2, 0) is 6.54 Å². The van der Waals surface area contributed by atoms with E-state index in [1.54, 1.807) is 18.4 Å². The first kappa shape index (κ1) is 12.6. The van der Waals surface area contributed by atoms with E-state index in [1.165, 1.54) is 12.1 Å². The Morgan fingerprint density at radius 2 is 2.00 bits per heavy atom. The largest absolute Gasteiger partial charge is 0.494 e. The Balaban J connectivity index is 1.55. The highest BCUT2D eigenvalue weighted by Gasteiger charge is 1.96. The van der Waals surface area contributed by atoms with Crippen molar-refractivity contribution < 1.29 is 13.5 Å². The summed E-state index contributed by atoms with van der Waals surface area (Å²) in [7, 11) is 0. The highest BCUT2D eigenvalue weighted by Crippen LogP contribution is 2.10. The molecule has 1 N–H and O–H groups in total. The molecule has 96 valence electrons. The molecule has 0 atom stereocenters. The molecule has 0 amide bonds. The molecule has 4 heteroatoms. The van der Waals surface area contributed by atoms with Gasteiger partial charge in [0.2, 0.25) is 0 Å². The molecule has 0 aliphatic carbocycles. The van der Waals surface area contributed by atoms with Gasteiger partial charge in [0.05, 0.1) is 19.4 Å². The van der Waals surface area contributed by atoms with Crippen LogP contribution in [0.25, 0.3) is 0 Å². The number of furan rings is 1. The van der Waals surface area contributed by atoms with Crippen molar-refractivity contribution >= 4 is 0 Å². The summed E-state index contributed by atoms with van der Waals surface area (Å²) in [6.45, 7) is 2.18. The van der Waals surface area contributed by atoms with Crippen LogP contribution in [-0.4, -0.2) is 13.2 Å². The number of rotatable bonds is 7. The number of ether oxygens (including phenoxy) is 1. The van der Waals surface area contributed by atoms with Crippen molar-refractivity contribution in [3.8, 4) is 5.75 Å². The van der Waals surface area contributed by atoms with Gasteiger partial charge in [-0.15, -0.1) is 0 Å². The zero-order valence-electron chi connectivity index (χ0n) is 10.1. The topological polar surface area (TPSA) is 34.4 Å². The Bertz CT molecular complexity index is 439. The Morgan fingerprint density at radius 3 is 2.72 bits per heavy atom. The van der Waals surface area contributed by atoms with Crippen molar-refractivity contribution in [3.05, 3.63) is 54.2 Å². The first-order valence-electron chi connectivity index (χ1n) is 5.96. The van der Waals surface area contributed by atoms with Crippen LogP contribution in [0.2, 0.25) is 0 Å². The molecule has 0 spiro atoms. The summed E-state index contributed by atoms with van der Waals surface area (Å²) in [6, 6.07) is 9.85. The molecule has 0 bridgehead atoms. The Hall–Kier alpha value is -1.81. The van der Waals surface area contributed by atoms with Gasteiger partial charge in [0, 0.05) is 0 Å². The fourth-order valence-electron chi connectivity index (χ4n) is 1.54. The van der Waals surface area contributed by atoms with E-state index in [9.17, 15) is 4.39 Å². The van der Waals surface area contributed by atoms with Crippen LogP contribution in [0, 0.1) is 5.82 Å². The second-order valence-electron chi connectivity index (χ2n) is 3.91. The van der Waals surface area contributed by atoms with Crippen molar-refractivity contribution in [1.29, 1.82) is 0 Å². The molecule has 0 radical (unpaired) electrons. The van der Waals surface area contributed by atoms with E-state index >= 15 is 0 Å². The van der Waals surface area contributed by atoms with Crippen molar-refractivity contribution in [3.63, 3.8) is 0 Å². The van der Waals surface area contributed by atoms with E-state index in [0.29, 0.717) is 12.4 Å². The number of benzene rings is 1. The molecule has 2 aromatic rings. The molecule has 1 aromatic carbocycles. The zero-order chi connectivity index (χ0) is 12.6. The molecular weight excluding hydrogens is 233 g/mol. The minimum atomic E-state index is -0.248. The number of halogens is 1. The maximum atomic E-state index is 12.6. The summed E-state index contributed by atoms with van der Waals surface area (Å²) < 4.78 is 23.3. The van der Waals surface area contributed by atoms with Crippen LogP contribution in [0.4, 0.5) is 4.39 Å². The summed E-state index contributed by atoms with van der Waals surface area (Å²) in [5.41, 5.74) is 0. The van der Waals surface area contributed by atoms with Gasteiger partial charge in [-0.1, -0.05) is 0 Å². The van der Waals surface area contributed by atoms with Crippen molar-refractivity contribution in [2.24, 2.45) is 0 Å². The Morgan fingerprint density at radius 1 is 1.17 bits per heavy atom. The molecule has 0 fully saturated rings. The van der Waals surface area contributed by atoms with Gasteiger partial charge < -0.3 is 14.5 Å². The second kappa shape index (κ2) is 6.81. The van der Waals surface area contributed by atoms with E-state index in [1.807, 2.05) is 12.1 Å². The third-order valence-corrected chi connectivity index (χ3v) is 2.46. The molecule has 1 heterocycles. The molecule has 2 rings (SSSR count). The first-order valence-corrected chi connectivity index (χ1v) is 5.96.